The predicted octanol–water partition coefficient (Wildman–Crippen LogP) is 2.72. The van der Waals surface area contributed by atoms with Crippen molar-refractivity contribution in [3.8, 4) is 0 Å². The van der Waals surface area contributed by atoms with Crippen LogP contribution in [0.1, 0.15) is 52.4 Å². The first-order valence-electron chi connectivity index (χ1n) is 6.39. The van der Waals surface area contributed by atoms with Gasteiger partial charge in [0.25, 0.3) is 0 Å². The Morgan fingerprint density at radius 2 is 2.00 bits per heavy atom. The number of methoxy groups -OCH3 is 1. The van der Waals surface area contributed by atoms with Gasteiger partial charge >= 0.3 is 0 Å². The van der Waals surface area contributed by atoms with Gasteiger partial charge in [-0.2, -0.15) is 0 Å². The summed E-state index contributed by atoms with van der Waals surface area (Å²) in [5.41, 5.74) is 0.554. The Morgan fingerprint density at radius 1 is 1.20 bits per heavy atom. The largest absolute Gasteiger partial charge is 0.380 e. The van der Waals surface area contributed by atoms with E-state index in [9.17, 15) is 0 Å². The smallest absolute Gasteiger partial charge is 0.0724 e. The van der Waals surface area contributed by atoms with E-state index in [2.05, 4.69) is 19.2 Å². The fraction of sp³-hybridized carbons (Fsp3) is 1.00. The minimum atomic E-state index is 0.466. The highest BCUT2D eigenvalue weighted by Crippen LogP contribution is 2.37. The van der Waals surface area contributed by atoms with Gasteiger partial charge in [0.15, 0.2) is 0 Å². The van der Waals surface area contributed by atoms with Crippen LogP contribution in [-0.4, -0.2) is 25.3 Å². The van der Waals surface area contributed by atoms with Crippen molar-refractivity contribution in [2.24, 2.45) is 5.41 Å². The summed E-state index contributed by atoms with van der Waals surface area (Å²) in [5, 5.41) is 3.81. The van der Waals surface area contributed by atoms with Gasteiger partial charge in [-0.25, -0.2) is 0 Å². The van der Waals surface area contributed by atoms with Crippen LogP contribution in [-0.2, 0) is 4.74 Å². The average Bonchev–Trinajstić information content (AvgIpc) is 2.73. The average molecular weight is 211 g/mol. The molecule has 3 unspecified atom stereocenters. The second-order valence-electron chi connectivity index (χ2n) is 6.08. The van der Waals surface area contributed by atoms with Crippen molar-refractivity contribution in [3.63, 3.8) is 0 Å². The number of hydrogen-bond acceptors (Lipinski definition) is 2. The molecule has 3 atom stereocenters. The first-order chi connectivity index (χ1) is 7.11. The molecule has 0 bridgehead atoms. The lowest BCUT2D eigenvalue weighted by Gasteiger charge is -2.25. The molecule has 2 heteroatoms. The molecule has 0 aromatic carbocycles. The van der Waals surface area contributed by atoms with Crippen LogP contribution in [0.3, 0.4) is 0 Å². The summed E-state index contributed by atoms with van der Waals surface area (Å²) in [6.45, 7) is 4.77. The molecular formula is C13H25NO. The molecular weight excluding hydrogens is 186 g/mol. The Morgan fingerprint density at radius 3 is 2.60 bits per heavy atom. The van der Waals surface area contributed by atoms with Crippen molar-refractivity contribution < 1.29 is 4.74 Å². The van der Waals surface area contributed by atoms with Gasteiger partial charge in [0.1, 0.15) is 0 Å². The van der Waals surface area contributed by atoms with E-state index in [0.717, 1.165) is 6.04 Å². The zero-order chi connectivity index (χ0) is 10.9. The van der Waals surface area contributed by atoms with Gasteiger partial charge in [0.05, 0.1) is 6.10 Å². The minimum absolute atomic E-state index is 0.466. The van der Waals surface area contributed by atoms with Gasteiger partial charge in [0.2, 0.25) is 0 Å². The van der Waals surface area contributed by atoms with E-state index >= 15 is 0 Å². The number of ether oxygens (including phenoxy) is 1. The maximum Gasteiger partial charge on any atom is 0.0724 e. The first kappa shape index (κ1) is 11.4. The lowest BCUT2D eigenvalue weighted by Crippen LogP contribution is -2.42. The molecule has 0 aromatic heterocycles. The van der Waals surface area contributed by atoms with Crippen LogP contribution in [0.25, 0.3) is 0 Å². The molecule has 0 amide bonds. The van der Waals surface area contributed by atoms with E-state index in [4.69, 9.17) is 4.74 Å². The van der Waals surface area contributed by atoms with Gasteiger partial charge in [-0.3, -0.25) is 0 Å². The van der Waals surface area contributed by atoms with Crippen molar-refractivity contribution >= 4 is 0 Å². The van der Waals surface area contributed by atoms with Crippen LogP contribution in [0.2, 0.25) is 0 Å². The Labute approximate surface area is 93.8 Å². The topological polar surface area (TPSA) is 21.3 Å². The number of hydrogen-bond donors (Lipinski definition) is 1. The highest BCUT2D eigenvalue weighted by Gasteiger charge is 2.35. The molecule has 0 saturated heterocycles. The molecule has 2 rings (SSSR count). The van der Waals surface area contributed by atoms with Gasteiger partial charge in [-0.1, -0.05) is 13.8 Å². The van der Waals surface area contributed by atoms with Crippen LogP contribution in [0, 0.1) is 5.41 Å². The lowest BCUT2D eigenvalue weighted by atomic mass is 9.92. The normalized spacial score (nSPS) is 39.8. The van der Waals surface area contributed by atoms with E-state index in [1.807, 2.05) is 7.11 Å². The van der Waals surface area contributed by atoms with Crippen LogP contribution < -0.4 is 5.32 Å². The zero-order valence-electron chi connectivity index (χ0n) is 10.4. The quantitative estimate of drug-likeness (QED) is 0.775. The predicted molar refractivity (Wildman–Crippen MR) is 63.0 cm³/mol. The molecule has 2 aliphatic carbocycles. The van der Waals surface area contributed by atoms with Crippen molar-refractivity contribution in [1.82, 2.24) is 5.32 Å². The van der Waals surface area contributed by atoms with Gasteiger partial charge in [-0.05, 0) is 43.9 Å². The minimum Gasteiger partial charge on any atom is -0.380 e. The summed E-state index contributed by atoms with van der Waals surface area (Å²) in [7, 11) is 1.85. The summed E-state index contributed by atoms with van der Waals surface area (Å²) in [5.74, 6) is 0. The van der Waals surface area contributed by atoms with E-state index in [-0.39, 0.29) is 0 Å². The molecule has 15 heavy (non-hydrogen) atoms. The molecule has 0 spiro atoms. The molecule has 2 saturated carbocycles. The number of nitrogens with one attached hydrogen (secondary N) is 1. The third-order valence-electron chi connectivity index (χ3n) is 4.17. The van der Waals surface area contributed by atoms with Crippen molar-refractivity contribution in [1.29, 1.82) is 0 Å². The van der Waals surface area contributed by atoms with Crippen molar-refractivity contribution in [3.05, 3.63) is 0 Å². The highest BCUT2D eigenvalue weighted by atomic mass is 16.5. The molecule has 88 valence electrons. The van der Waals surface area contributed by atoms with Gasteiger partial charge in [0, 0.05) is 19.2 Å². The monoisotopic (exact) mass is 211 g/mol. The van der Waals surface area contributed by atoms with E-state index in [1.54, 1.807) is 0 Å². The molecule has 2 aliphatic rings. The van der Waals surface area contributed by atoms with Crippen LogP contribution >= 0.6 is 0 Å². The molecule has 2 fully saturated rings. The standard InChI is InChI=1S/C13H25NO/c1-13(2)8-7-10(9-13)14-11-5-4-6-12(11)15-3/h10-12,14H,4-9H2,1-3H3. The maximum absolute atomic E-state index is 5.52. The highest BCUT2D eigenvalue weighted by molar-refractivity contribution is 4.92. The fourth-order valence-electron chi connectivity index (χ4n) is 3.28. The van der Waals surface area contributed by atoms with E-state index < -0.39 is 0 Å². The summed E-state index contributed by atoms with van der Waals surface area (Å²) in [4.78, 5) is 0. The van der Waals surface area contributed by atoms with Gasteiger partial charge < -0.3 is 10.1 Å². The second kappa shape index (κ2) is 4.42. The Hall–Kier alpha value is -0.0800. The molecule has 0 aromatic rings. The van der Waals surface area contributed by atoms with Crippen LogP contribution in [0.15, 0.2) is 0 Å². The summed E-state index contributed by atoms with van der Waals surface area (Å²) >= 11 is 0. The maximum atomic E-state index is 5.52. The third-order valence-corrected chi connectivity index (χ3v) is 4.17. The first-order valence-corrected chi connectivity index (χ1v) is 6.39. The second-order valence-corrected chi connectivity index (χ2v) is 6.08. The van der Waals surface area contributed by atoms with Crippen LogP contribution in [0.5, 0.6) is 0 Å². The molecule has 0 heterocycles. The Kier molecular flexibility index (Phi) is 3.36. The van der Waals surface area contributed by atoms with Gasteiger partial charge in [-0.15, -0.1) is 0 Å². The van der Waals surface area contributed by atoms with E-state index in [0.29, 0.717) is 17.6 Å². The molecule has 1 N–H and O–H groups in total. The molecule has 2 nitrogen and oxygen atoms in total. The van der Waals surface area contributed by atoms with Crippen molar-refractivity contribution in [2.45, 2.75) is 70.6 Å². The SMILES string of the molecule is COC1CCCC1NC1CCC(C)(C)C1. The number of rotatable bonds is 3. The summed E-state index contributed by atoms with van der Waals surface area (Å²) in [6, 6.07) is 1.36. The zero-order valence-corrected chi connectivity index (χ0v) is 10.4. The summed E-state index contributed by atoms with van der Waals surface area (Å²) < 4.78 is 5.52. The van der Waals surface area contributed by atoms with Crippen LogP contribution in [0.4, 0.5) is 0 Å². The Bertz CT molecular complexity index is 215. The summed E-state index contributed by atoms with van der Waals surface area (Å²) in [6.07, 6.45) is 8.38. The lowest BCUT2D eigenvalue weighted by molar-refractivity contribution is 0.0810. The molecule has 0 radical (unpaired) electrons. The third kappa shape index (κ3) is 2.73. The van der Waals surface area contributed by atoms with E-state index in [1.165, 1.54) is 38.5 Å². The fourth-order valence-corrected chi connectivity index (χ4v) is 3.28. The molecule has 0 aliphatic heterocycles. The van der Waals surface area contributed by atoms with Crippen molar-refractivity contribution in [2.75, 3.05) is 7.11 Å². The Balaban J connectivity index is 1.82.